The molecule has 29 heavy (non-hydrogen) atoms. The fourth-order valence-corrected chi connectivity index (χ4v) is 2.65. The number of tetrazole rings is 1. The molecule has 10 heteroatoms. The van der Waals surface area contributed by atoms with Gasteiger partial charge >= 0.3 is 6.36 Å². The van der Waals surface area contributed by atoms with Crippen molar-refractivity contribution in [3.63, 3.8) is 0 Å². The van der Waals surface area contributed by atoms with Crippen LogP contribution >= 0.6 is 0 Å². The monoisotopic (exact) mass is 401 g/mol. The molecular formula is C19H11F4N5O. The van der Waals surface area contributed by atoms with Gasteiger partial charge in [0.2, 0.25) is 5.82 Å². The molecule has 0 aliphatic rings. The van der Waals surface area contributed by atoms with Crippen LogP contribution in [0.1, 0.15) is 0 Å². The molecule has 2 heterocycles. The average Bonchev–Trinajstić information content (AvgIpc) is 3.17. The SMILES string of the molecule is Fc1cc(-c2cccc(OC(F)(F)F)c2)cc(-n2nnc(-c3ccccn3)n2)c1. The Kier molecular flexibility index (Phi) is 4.67. The second-order valence-electron chi connectivity index (χ2n) is 5.89. The summed E-state index contributed by atoms with van der Waals surface area (Å²) in [5, 5.41) is 12.0. The predicted octanol–water partition coefficient (Wildman–Crippen LogP) is 4.43. The van der Waals surface area contributed by atoms with Crippen LogP contribution in [0.4, 0.5) is 17.6 Å². The summed E-state index contributed by atoms with van der Waals surface area (Å²) >= 11 is 0. The van der Waals surface area contributed by atoms with Crippen LogP contribution in [0.15, 0.2) is 66.9 Å². The van der Waals surface area contributed by atoms with E-state index in [0.717, 1.165) is 10.9 Å². The Morgan fingerprint density at radius 2 is 1.76 bits per heavy atom. The van der Waals surface area contributed by atoms with Gasteiger partial charge in [-0.3, -0.25) is 4.98 Å². The van der Waals surface area contributed by atoms with Crippen molar-refractivity contribution in [2.24, 2.45) is 0 Å². The number of nitrogens with zero attached hydrogens (tertiary/aromatic N) is 5. The minimum atomic E-state index is -4.82. The molecular weight excluding hydrogens is 390 g/mol. The standard InChI is InChI=1S/C19H11F4N5O/c20-14-8-13(12-4-3-5-16(10-12)29-19(21,22)23)9-15(11-14)28-26-18(25-27-28)17-6-1-2-7-24-17/h1-11H. The maximum Gasteiger partial charge on any atom is 0.573 e. The number of halogens is 4. The number of rotatable bonds is 4. The first-order valence-corrected chi connectivity index (χ1v) is 8.26. The Balaban J connectivity index is 1.69. The summed E-state index contributed by atoms with van der Waals surface area (Å²) in [5.41, 5.74) is 1.39. The van der Waals surface area contributed by atoms with Crippen LogP contribution in [0, 0.1) is 5.82 Å². The highest BCUT2D eigenvalue weighted by molar-refractivity contribution is 5.67. The van der Waals surface area contributed by atoms with Crippen molar-refractivity contribution in [2.75, 3.05) is 0 Å². The van der Waals surface area contributed by atoms with Crippen molar-refractivity contribution >= 4 is 0 Å². The molecule has 0 spiro atoms. The summed E-state index contributed by atoms with van der Waals surface area (Å²) in [5.74, 6) is -0.773. The molecule has 0 fully saturated rings. The van der Waals surface area contributed by atoms with E-state index in [1.165, 1.54) is 36.4 Å². The van der Waals surface area contributed by atoms with Gasteiger partial charge in [-0.15, -0.1) is 28.2 Å². The minimum Gasteiger partial charge on any atom is -0.406 e. The third kappa shape index (κ3) is 4.37. The number of ether oxygens (including phenoxy) is 1. The van der Waals surface area contributed by atoms with Gasteiger partial charge in [-0.1, -0.05) is 18.2 Å². The first kappa shape index (κ1) is 18.5. The van der Waals surface area contributed by atoms with Crippen LogP contribution in [-0.4, -0.2) is 31.6 Å². The van der Waals surface area contributed by atoms with E-state index < -0.39 is 17.9 Å². The molecule has 0 aliphatic carbocycles. The molecule has 0 saturated heterocycles. The van der Waals surface area contributed by atoms with Crippen LogP contribution in [0.2, 0.25) is 0 Å². The lowest BCUT2D eigenvalue weighted by atomic mass is 10.0. The Labute approximate surface area is 161 Å². The largest absolute Gasteiger partial charge is 0.573 e. The lowest BCUT2D eigenvalue weighted by Crippen LogP contribution is -2.17. The average molecular weight is 401 g/mol. The zero-order chi connectivity index (χ0) is 20.4. The molecule has 0 radical (unpaired) electrons. The maximum absolute atomic E-state index is 14.2. The Morgan fingerprint density at radius 1 is 0.897 bits per heavy atom. The zero-order valence-electron chi connectivity index (χ0n) is 14.5. The molecule has 0 atom stereocenters. The fourth-order valence-electron chi connectivity index (χ4n) is 2.65. The second-order valence-corrected chi connectivity index (χ2v) is 5.89. The van der Waals surface area contributed by atoms with E-state index in [-0.39, 0.29) is 11.5 Å². The summed E-state index contributed by atoms with van der Waals surface area (Å²) in [6.07, 6.45) is -3.25. The van der Waals surface area contributed by atoms with Gasteiger partial charge in [0.15, 0.2) is 0 Å². The Bertz CT molecular complexity index is 1140. The van der Waals surface area contributed by atoms with Crippen molar-refractivity contribution in [1.82, 2.24) is 25.2 Å². The molecule has 4 rings (SSSR count). The third-order valence-corrected chi connectivity index (χ3v) is 3.82. The molecule has 2 aromatic carbocycles. The number of alkyl halides is 3. The number of pyridine rings is 1. The number of hydrogen-bond donors (Lipinski definition) is 0. The normalized spacial score (nSPS) is 11.4. The van der Waals surface area contributed by atoms with Crippen molar-refractivity contribution in [3.05, 3.63) is 72.7 Å². The second kappa shape index (κ2) is 7.30. The van der Waals surface area contributed by atoms with E-state index in [0.29, 0.717) is 16.8 Å². The van der Waals surface area contributed by atoms with Crippen LogP contribution in [0.25, 0.3) is 28.3 Å². The van der Waals surface area contributed by atoms with Crippen LogP contribution in [-0.2, 0) is 0 Å². The van der Waals surface area contributed by atoms with E-state index >= 15 is 0 Å². The molecule has 0 aliphatic heterocycles. The molecule has 0 bridgehead atoms. The van der Waals surface area contributed by atoms with E-state index in [2.05, 4.69) is 25.1 Å². The quantitative estimate of drug-likeness (QED) is 0.474. The summed E-state index contributed by atoms with van der Waals surface area (Å²) in [4.78, 5) is 5.24. The molecule has 0 unspecified atom stereocenters. The fraction of sp³-hybridized carbons (Fsp3) is 0.0526. The Hall–Kier alpha value is -3.82. The molecule has 146 valence electrons. The lowest BCUT2D eigenvalue weighted by molar-refractivity contribution is -0.274. The topological polar surface area (TPSA) is 65.7 Å². The minimum absolute atomic E-state index is 0.247. The van der Waals surface area contributed by atoms with Gasteiger partial charge in [-0.2, -0.15) is 0 Å². The van der Waals surface area contributed by atoms with E-state index in [1.54, 1.807) is 24.4 Å². The first-order chi connectivity index (χ1) is 13.9. The van der Waals surface area contributed by atoms with Gasteiger partial charge in [-0.05, 0) is 52.7 Å². The maximum atomic E-state index is 14.2. The van der Waals surface area contributed by atoms with Crippen molar-refractivity contribution < 1.29 is 22.3 Å². The number of hydrogen-bond acceptors (Lipinski definition) is 5. The summed E-state index contributed by atoms with van der Waals surface area (Å²) in [7, 11) is 0. The van der Waals surface area contributed by atoms with Crippen LogP contribution < -0.4 is 4.74 Å². The van der Waals surface area contributed by atoms with Crippen LogP contribution in [0.3, 0.4) is 0 Å². The lowest BCUT2D eigenvalue weighted by Gasteiger charge is -2.11. The smallest absolute Gasteiger partial charge is 0.406 e. The first-order valence-electron chi connectivity index (χ1n) is 8.26. The van der Waals surface area contributed by atoms with Crippen molar-refractivity contribution in [2.45, 2.75) is 6.36 Å². The van der Waals surface area contributed by atoms with Gasteiger partial charge in [0.25, 0.3) is 0 Å². The molecule has 0 amide bonds. The molecule has 2 aromatic heterocycles. The summed E-state index contributed by atoms with van der Waals surface area (Å²) in [6, 6.07) is 14.3. The van der Waals surface area contributed by atoms with Gasteiger partial charge in [-0.25, -0.2) is 4.39 Å². The highest BCUT2D eigenvalue weighted by Gasteiger charge is 2.31. The molecule has 0 saturated carbocycles. The predicted molar refractivity (Wildman–Crippen MR) is 94.5 cm³/mol. The molecule has 6 nitrogen and oxygen atoms in total. The highest BCUT2D eigenvalue weighted by Crippen LogP contribution is 2.29. The van der Waals surface area contributed by atoms with E-state index in [1.807, 2.05) is 0 Å². The third-order valence-electron chi connectivity index (χ3n) is 3.82. The summed E-state index contributed by atoms with van der Waals surface area (Å²) in [6.45, 7) is 0. The van der Waals surface area contributed by atoms with E-state index in [9.17, 15) is 17.6 Å². The highest BCUT2D eigenvalue weighted by atomic mass is 19.4. The zero-order valence-corrected chi connectivity index (χ0v) is 14.5. The van der Waals surface area contributed by atoms with Crippen molar-refractivity contribution in [3.8, 4) is 34.1 Å². The van der Waals surface area contributed by atoms with Crippen molar-refractivity contribution in [1.29, 1.82) is 0 Å². The number of benzene rings is 2. The Morgan fingerprint density at radius 3 is 2.52 bits per heavy atom. The molecule has 0 N–H and O–H groups in total. The van der Waals surface area contributed by atoms with Gasteiger partial charge in [0.1, 0.15) is 17.3 Å². The van der Waals surface area contributed by atoms with Crippen LogP contribution in [0.5, 0.6) is 5.75 Å². The van der Waals surface area contributed by atoms with Gasteiger partial charge in [0, 0.05) is 12.3 Å². The summed E-state index contributed by atoms with van der Waals surface area (Å²) < 4.78 is 55.5. The van der Waals surface area contributed by atoms with Gasteiger partial charge in [0.05, 0.1) is 5.69 Å². The number of aromatic nitrogens is 5. The van der Waals surface area contributed by atoms with Gasteiger partial charge < -0.3 is 4.74 Å². The molecule has 4 aromatic rings. The van der Waals surface area contributed by atoms with E-state index in [4.69, 9.17) is 0 Å².